The monoisotopic (exact) mass is 646 g/mol. The van der Waals surface area contributed by atoms with E-state index in [2.05, 4.69) is 110 Å². The molecule has 3 heterocycles. The molecule has 0 unspecified atom stereocenters. The molecule has 0 saturated heterocycles. The molecule has 9 rings (SSSR count). The number of aromatic nitrogens is 2. The van der Waals surface area contributed by atoms with Gasteiger partial charge in [-0.15, -0.1) is 11.3 Å². The second-order valence-electron chi connectivity index (χ2n) is 12.4. The highest BCUT2D eigenvalue weighted by Gasteiger charge is 2.16. The van der Waals surface area contributed by atoms with Crippen molar-refractivity contribution in [2.24, 2.45) is 0 Å². The molecule has 3 aromatic heterocycles. The van der Waals surface area contributed by atoms with Gasteiger partial charge < -0.3 is 5.11 Å². The number of rotatable bonds is 5. The topological polar surface area (TPSA) is 46.0 Å². The highest BCUT2D eigenvalue weighted by molar-refractivity contribution is 7.26. The van der Waals surface area contributed by atoms with Crippen molar-refractivity contribution in [3.8, 4) is 61.8 Å². The molecule has 0 bridgehead atoms. The summed E-state index contributed by atoms with van der Waals surface area (Å²) in [6.07, 6.45) is 0. The Morgan fingerprint density at radius 3 is 1.96 bits per heavy atom. The number of aryl methyl sites for hydroxylation is 1. The fourth-order valence-electron chi connectivity index (χ4n) is 6.86. The largest absolute Gasteiger partial charge is 0.507 e. The van der Waals surface area contributed by atoms with Crippen LogP contribution in [0.3, 0.4) is 0 Å². The van der Waals surface area contributed by atoms with Gasteiger partial charge in [-0.2, -0.15) is 0 Å². The van der Waals surface area contributed by atoms with E-state index in [0.717, 1.165) is 61.4 Å². The summed E-state index contributed by atoms with van der Waals surface area (Å²) in [5.41, 5.74) is 10.6. The molecule has 0 spiro atoms. The van der Waals surface area contributed by atoms with Crippen LogP contribution < -0.4 is 0 Å². The van der Waals surface area contributed by atoms with E-state index in [4.69, 9.17) is 9.97 Å². The fraction of sp³-hybridized carbons (Fsp3) is 0.0222. The Hall–Kier alpha value is -6.10. The van der Waals surface area contributed by atoms with Crippen LogP contribution in [0.15, 0.2) is 158 Å². The van der Waals surface area contributed by atoms with E-state index in [1.54, 1.807) is 0 Å². The number of phenols is 1. The molecule has 3 nitrogen and oxygen atoms in total. The first kappa shape index (κ1) is 29.1. The standard InChI is InChI=1S/C45H30N2OS/c1-28-23-34(36-18-10-19-38-37-17-7-8-20-43(37)49-45(36)38)27-40(46-28)31-14-9-15-32(24-31)41-25-33(29-11-3-2-4-12-29)26-42(47-41)39-22-21-30-13-5-6-16-35(30)44(39)48/h2-27,48H,1H3. The summed E-state index contributed by atoms with van der Waals surface area (Å²) >= 11 is 1.84. The summed E-state index contributed by atoms with van der Waals surface area (Å²) in [5.74, 6) is 0.237. The second-order valence-corrected chi connectivity index (χ2v) is 13.5. The van der Waals surface area contributed by atoms with Gasteiger partial charge in [0.2, 0.25) is 0 Å². The first-order valence-corrected chi connectivity index (χ1v) is 17.2. The minimum absolute atomic E-state index is 0.237. The number of hydrogen-bond acceptors (Lipinski definition) is 4. The molecule has 0 fully saturated rings. The van der Waals surface area contributed by atoms with E-state index >= 15 is 0 Å². The molecule has 49 heavy (non-hydrogen) atoms. The fourth-order valence-corrected chi connectivity index (χ4v) is 8.10. The number of nitrogens with zero attached hydrogens (tertiary/aromatic N) is 2. The quantitative estimate of drug-likeness (QED) is 0.202. The summed E-state index contributed by atoms with van der Waals surface area (Å²) in [5, 5.41) is 15.8. The SMILES string of the molecule is Cc1cc(-c2cccc3c2sc2ccccc23)cc(-c2cccc(-c3cc(-c4ccccc4)cc(-c4ccc5ccccc5c4O)n3)c2)n1. The molecule has 0 aliphatic heterocycles. The summed E-state index contributed by atoms with van der Waals surface area (Å²) < 4.78 is 2.59. The molecule has 0 amide bonds. The van der Waals surface area contributed by atoms with Gasteiger partial charge in [-0.05, 0) is 77.0 Å². The Bertz CT molecular complexity index is 2690. The van der Waals surface area contributed by atoms with E-state index in [-0.39, 0.29) is 5.75 Å². The summed E-state index contributed by atoms with van der Waals surface area (Å²) in [7, 11) is 0. The average molecular weight is 647 g/mol. The maximum Gasteiger partial charge on any atom is 0.132 e. The number of aromatic hydroxyl groups is 1. The van der Waals surface area contributed by atoms with Gasteiger partial charge in [0.05, 0.1) is 17.1 Å². The molecule has 0 aliphatic rings. The molecular weight excluding hydrogens is 617 g/mol. The Labute approximate surface area is 288 Å². The van der Waals surface area contributed by atoms with E-state index in [1.165, 1.54) is 25.7 Å². The molecule has 9 aromatic rings. The van der Waals surface area contributed by atoms with Gasteiger partial charge in [-0.25, -0.2) is 4.98 Å². The predicted molar refractivity (Wildman–Crippen MR) is 206 cm³/mol. The van der Waals surface area contributed by atoms with Gasteiger partial charge in [-0.1, -0.05) is 115 Å². The van der Waals surface area contributed by atoms with Crippen LogP contribution >= 0.6 is 11.3 Å². The van der Waals surface area contributed by atoms with Crippen LogP contribution in [0.25, 0.3) is 87.0 Å². The molecule has 0 radical (unpaired) electrons. The van der Waals surface area contributed by atoms with Crippen molar-refractivity contribution in [3.05, 3.63) is 163 Å². The van der Waals surface area contributed by atoms with Crippen LogP contribution in [-0.4, -0.2) is 15.1 Å². The first-order valence-electron chi connectivity index (χ1n) is 16.4. The van der Waals surface area contributed by atoms with Crippen molar-refractivity contribution >= 4 is 42.3 Å². The van der Waals surface area contributed by atoms with Gasteiger partial charge in [0.25, 0.3) is 0 Å². The minimum Gasteiger partial charge on any atom is -0.507 e. The van der Waals surface area contributed by atoms with E-state index in [9.17, 15) is 5.11 Å². The van der Waals surface area contributed by atoms with Gasteiger partial charge in [-0.3, -0.25) is 4.98 Å². The van der Waals surface area contributed by atoms with Crippen LogP contribution in [0.1, 0.15) is 5.69 Å². The van der Waals surface area contributed by atoms with Crippen LogP contribution in [0, 0.1) is 6.92 Å². The molecule has 1 N–H and O–H groups in total. The van der Waals surface area contributed by atoms with Gasteiger partial charge in [0, 0.05) is 47.9 Å². The van der Waals surface area contributed by atoms with Crippen molar-refractivity contribution in [3.63, 3.8) is 0 Å². The Morgan fingerprint density at radius 1 is 0.449 bits per heavy atom. The summed E-state index contributed by atoms with van der Waals surface area (Å²) in [6, 6.07) is 54.5. The molecular formula is C45H30N2OS. The lowest BCUT2D eigenvalue weighted by molar-refractivity contribution is 0.483. The zero-order valence-electron chi connectivity index (χ0n) is 26.8. The van der Waals surface area contributed by atoms with E-state index in [1.807, 2.05) is 65.9 Å². The van der Waals surface area contributed by atoms with Crippen molar-refractivity contribution < 1.29 is 5.11 Å². The van der Waals surface area contributed by atoms with Crippen molar-refractivity contribution in [1.82, 2.24) is 9.97 Å². The summed E-state index contributed by atoms with van der Waals surface area (Å²) in [4.78, 5) is 10.2. The molecule has 4 heteroatoms. The maximum atomic E-state index is 11.4. The number of thiophene rings is 1. The maximum absolute atomic E-state index is 11.4. The third kappa shape index (κ3) is 5.23. The second kappa shape index (κ2) is 11.9. The Kier molecular flexibility index (Phi) is 7.03. The molecule has 0 aliphatic carbocycles. The van der Waals surface area contributed by atoms with Crippen LogP contribution in [0.4, 0.5) is 0 Å². The van der Waals surface area contributed by atoms with Crippen LogP contribution in [0.5, 0.6) is 5.75 Å². The van der Waals surface area contributed by atoms with Crippen molar-refractivity contribution in [2.75, 3.05) is 0 Å². The van der Waals surface area contributed by atoms with Crippen LogP contribution in [0.2, 0.25) is 0 Å². The smallest absolute Gasteiger partial charge is 0.132 e. The number of benzene rings is 6. The first-order chi connectivity index (χ1) is 24.1. The summed E-state index contributed by atoms with van der Waals surface area (Å²) in [6.45, 7) is 2.06. The van der Waals surface area contributed by atoms with E-state index in [0.29, 0.717) is 5.56 Å². The lowest BCUT2D eigenvalue weighted by atomic mass is 9.96. The predicted octanol–water partition coefficient (Wildman–Crippen LogP) is 12.3. The molecule has 0 atom stereocenters. The third-order valence-corrected chi connectivity index (χ3v) is 10.5. The van der Waals surface area contributed by atoms with Crippen molar-refractivity contribution in [2.45, 2.75) is 6.92 Å². The lowest BCUT2D eigenvalue weighted by Gasteiger charge is -2.13. The zero-order valence-corrected chi connectivity index (χ0v) is 27.6. The third-order valence-electron chi connectivity index (χ3n) is 9.23. The molecule has 232 valence electrons. The number of fused-ring (bicyclic) bond motifs is 4. The Balaban J connectivity index is 1.17. The Morgan fingerprint density at radius 2 is 1.10 bits per heavy atom. The lowest BCUT2D eigenvalue weighted by Crippen LogP contribution is -1.93. The number of pyridine rings is 2. The molecule has 6 aromatic carbocycles. The van der Waals surface area contributed by atoms with Gasteiger partial charge in [0.1, 0.15) is 5.75 Å². The number of phenolic OH excluding ortho intramolecular Hbond substituents is 1. The zero-order chi connectivity index (χ0) is 32.9. The highest BCUT2D eigenvalue weighted by Crippen LogP contribution is 2.41. The van der Waals surface area contributed by atoms with E-state index < -0.39 is 0 Å². The van der Waals surface area contributed by atoms with Crippen molar-refractivity contribution in [1.29, 1.82) is 0 Å². The highest BCUT2D eigenvalue weighted by atomic mass is 32.1. The normalized spacial score (nSPS) is 11.4. The minimum atomic E-state index is 0.237. The molecule has 0 saturated carbocycles. The van der Waals surface area contributed by atoms with Gasteiger partial charge in [0.15, 0.2) is 0 Å². The van der Waals surface area contributed by atoms with Crippen LogP contribution in [-0.2, 0) is 0 Å². The number of hydrogen-bond donors (Lipinski definition) is 1. The average Bonchev–Trinajstić information content (AvgIpc) is 3.54. The van der Waals surface area contributed by atoms with Gasteiger partial charge >= 0.3 is 0 Å².